The number of amides is 2. The first kappa shape index (κ1) is 16.9. The number of piperidine rings is 1. The fourth-order valence-electron chi connectivity index (χ4n) is 3.60. The Labute approximate surface area is 141 Å². The molecule has 0 aliphatic carbocycles. The summed E-state index contributed by atoms with van der Waals surface area (Å²) < 4.78 is 7.00. The van der Waals surface area contributed by atoms with Crippen LogP contribution in [0.3, 0.4) is 0 Å². The van der Waals surface area contributed by atoms with Gasteiger partial charge in [0.1, 0.15) is 6.54 Å². The fraction of sp³-hybridized carbons (Fsp3) is 0.688. The molecule has 0 saturated carbocycles. The van der Waals surface area contributed by atoms with Crippen LogP contribution in [0.2, 0.25) is 0 Å². The Hall–Kier alpha value is -1.93. The number of rotatable bonds is 4. The summed E-state index contributed by atoms with van der Waals surface area (Å²) in [5.41, 5.74) is 0.277. The van der Waals surface area contributed by atoms with Crippen LogP contribution in [0.15, 0.2) is 12.4 Å². The van der Waals surface area contributed by atoms with Crippen LogP contribution in [-0.4, -0.2) is 72.9 Å². The van der Waals surface area contributed by atoms with Gasteiger partial charge < -0.3 is 19.9 Å². The van der Waals surface area contributed by atoms with E-state index in [-0.39, 0.29) is 18.4 Å². The normalized spacial score (nSPS) is 21.2. The molecule has 3 rings (SSSR count). The molecule has 2 amide bonds. The smallest absolute Gasteiger partial charge is 0.246 e. The Morgan fingerprint density at radius 1 is 1.38 bits per heavy atom. The minimum absolute atomic E-state index is 0.0463. The molecule has 132 valence electrons. The lowest BCUT2D eigenvalue weighted by atomic mass is 9.78. The van der Waals surface area contributed by atoms with Crippen LogP contribution in [0.25, 0.3) is 0 Å². The molecule has 0 radical (unpaired) electrons. The van der Waals surface area contributed by atoms with Crippen LogP contribution in [0.5, 0.6) is 0 Å². The Morgan fingerprint density at radius 3 is 2.71 bits per heavy atom. The number of hydrogen-bond donors (Lipinski definition) is 1. The second-order valence-corrected chi connectivity index (χ2v) is 6.61. The highest BCUT2D eigenvalue weighted by molar-refractivity contribution is 5.98. The molecular weight excluding hydrogens is 310 g/mol. The third kappa shape index (κ3) is 3.16. The molecule has 0 bridgehead atoms. The molecule has 0 unspecified atom stereocenters. The number of nitrogens with zero attached hydrogens (tertiary/aromatic N) is 4. The molecule has 24 heavy (non-hydrogen) atoms. The van der Waals surface area contributed by atoms with Gasteiger partial charge in [0, 0.05) is 33.4 Å². The van der Waals surface area contributed by atoms with Crippen molar-refractivity contribution in [2.24, 2.45) is 12.5 Å². The molecular formula is C16H25N5O3. The molecule has 1 aromatic heterocycles. The van der Waals surface area contributed by atoms with Gasteiger partial charge in [0.2, 0.25) is 11.8 Å². The van der Waals surface area contributed by atoms with Crippen molar-refractivity contribution < 1.29 is 14.3 Å². The van der Waals surface area contributed by atoms with E-state index in [4.69, 9.17) is 4.74 Å². The van der Waals surface area contributed by atoms with Crippen molar-refractivity contribution in [2.45, 2.75) is 12.8 Å². The summed E-state index contributed by atoms with van der Waals surface area (Å²) >= 11 is 0. The van der Waals surface area contributed by atoms with Crippen LogP contribution in [0, 0.1) is 5.41 Å². The van der Waals surface area contributed by atoms with Crippen molar-refractivity contribution in [1.82, 2.24) is 20.0 Å². The number of aromatic nitrogens is 2. The molecule has 1 aromatic rings. The topological polar surface area (TPSA) is 79.7 Å². The average molecular weight is 335 g/mol. The first-order chi connectivity index (χ1) is 11.6. The van der Waals surface area contributed by atoms with Crippen molar-refractivity contribution in [3.63, 3.8) is 0 Å². The minimum Gasteiger partial charge on any atom is -0.384 e. The molecule has 0 aromatic carbocycles. The Kier molecular flexibility index (Phi) is 4.86. The molecule has 8 heteroatoms. The molecule has 3 heterocycles. The van der Waals surface area contributed by atoms with Crippen molar-refractivity contribution >= 4 is 17.5 Å². The van der Waals surface area contributed by atoms with Crippen LogP contribution in [-0.2, 0) is 21.4 Å². The molecule has 2 saturated heterocycles. The van der Waals surface area contributed by atoms with Crippen molar-refractivity contribution in [3.8, 4) is 0 Å². The standard InChI is InChI=1S/C16H25N5O3/c1-19-10-13(9-18-19)21-8-7-20(11-14(21)22)15(23)16(12-24-2)3-5-17-6-4-16/h9-10,17H,3-8,11-12H2,1-2H3. The van der Waals surface area contributed by atoms with Crippen molar-refractivity contribution in [2.75, 3.05) is 51.3 Å². The van der Waals surface area contributed by atoms with E-state index in [1.54, 1.807) is 27.8 Å². The number of ether oxygens (including phenoxy) is 1. The van der Waals surface area contributed by atoms with Gasteiger partial charge >= 0.3 is 0 Å². The average Bonchev–Trinajstić information content (AvgIpc) is 3.01. The van der Waals surface area contributed by atoms with Crippen LogP contribution in [0.4, 0.5) is 5.69 Å². The highest BCUT2D eigenvalue weighted by Crippen LogP contribution is 2.32. The molecule has 2 aliphatic heterocycles. The Morgan fingerprint density at radius 2 is 2.12 bits per heavy atom. The number of anilines is 1. The SMILES string of the molecule is COCC1(C(=O)N2CCN(c3cnn(C)c3)C(=O)C2)CCNCC1. The number of carbonyl (C=O) groups excluding carboxylic acids is 2. The van der Waals surface area contributed by atoms with Crippen LogP contribution < -0.4 is 10.2 Å². The van der Waals surface area contributed by atoms with E-state index in [0.29, 0.717) is 19.7 Å². The summed E-state index contributed by atoms with van der Waals surface area (Å²) in [5, 5.41) is 7.39. The summed E-state index contributed by atoms with van der Waals surface area (Å²) in [7, 11) is 3.45. The fourth-order valence-corrected chi connectivity index (χ4v) is 3.60. The molecule has 2 fully saturated rings. The van der Waals surface area contributed by atoms with Gasteiger partial charge in [-0.05, 0) is 25.9 Å². The summed E-state index contributed by atoms with van der Waals surface area (Å²) in [4.78, 5) is 29.0. The molecule has 0 spiro atoms. The van der Waals surface area contributed by atoms with Gasteiger partial charge in [-0.15, -0.1) is 0 Å². The maximum atomic E-state index is 13.1. The molecule has 2 aliphatic rings. The first-order valence-corrected chi connectivity index (χ1v) is 8.34. The summed E-state index contributed by atoms with van der Waals surface area (Å²) in [6.07, 6.45) is 4.98. The number of aryl methyl sites for hydroxylation is 1. The number of piperazine rings is 1. The van der Waals surface area contributed by atoms with E-state index in [1.807, 2.05) is 13.2 Å². The minimum atomic E-state index is -0.503. The van der Waals surface area contributed by atoms with E-state index in [9.17, 15) is 9.59 Å². The van der Waals surface area contributed by atoms with Gasteiger partial charge in [-0.1, -0.05) is 0 Å². The summed E-state index contributed by atoms with van der Waals surface area (Å²) in [5.74, 6) is -0.0193. The molecule has 1 N–H and O–H groups in total. The van der Waals surface area contributed by atoms with Gasteiger partial charge in [-0.2, -0.15) is 5.10 Å². The van der Waals surface area contributed by atoms with Crippen molar-refractivity contribution in [1.29, 1.82) is 0 Å². The maximum Gasteiger partial charge on any atom is 0.246 e. The predicted molar refractivity (Wildman–Crippen MR) is 88.6 cm³/mol. The second kappa shape index (κ2) is 6.90. The zero-order chi connectivity index (χ0) is 17.2. The monoisotopic (exact) mass is 335 g/mol. The molecule has 8 nitrogen and oxygen atoms in total. The lowest BCUT2D eigenvalue weighted by Crippen LogP contribution is -2.58. The Balaban J connectivity index is 1.70. The molecule has 0 atom stereocenters. The quantitative estimate of drug-likeness (QED) is 0.811. The third-order valence-corrected chi connectivity index (χ3v) is 4.95. The van der Waals surface area contributed by atoms with E-state index in [1.165, 1.54) is 0 Å². The maximum absolute atomic E-state index is 13.1. The number of methoxy groups -OCH3 is 1. The van der Waals surface area contributed by atoms with Gasteiger partial charge in [-0.3, -0.25) is 14.3 Å². The van der Waals surface area contributed by atoms with Gasteiger partial charge in [0.05, 0.1) is 23.9 Å². The largest absolute Gasteiger partial charge is 0.384 e. The van der Waals surface area contributed by atoms with Gasteiger partial charge in [0.25, 0.3) is 0 Å². The number of nitrogens with one attached hydrogen (secondary N) is 1. The van der Waals surface area contributed by atoms with Crippen LogP contribution in [0.1, 0.15) is 12.8 Å². The van der Waals surface area contributed by atoms with Gasteiger partial charge in [-0.25, -0.2) is 0 Å². The van der Waals surface area contributed by atoms with E-state index >= 15 is 0 Å². The highest BCUT2D eigenvalue weighted by Gasteiger charge is 2.44. The number of carbonyl (C=O) groups is 2. The third-order valence-electron chi connectivity index (χ3n) is 4.95. The van der Waals surface area contributed by atoms with Crippen LogP contribution >= 0.6 is 0 Å². The lowest BCUT2D eigenvalue weighted by Gasteiger charge is -2.42. The van der Waals surface area contributed by atoms with E-state index in [0.717, 1.165) is 31.6 Å². The van der Waals surface area contributed by atoms with Crippen molar-refractivity contribution in [3.05, 3.63) is 12.4 Å². The Bertz CT molecular complexity index is 603. The first-order valence-electron chi connectivity index (χ1n) is 8.34. The van der Waals surface area contributed by atoms with Gasteiger partial charge in [0.15, 0.2) is 0 Å². The van der Waals surface area contributed by atoms with E-state index in [2.05, 4.69) is 10.4 Å². The zero-order valence-electron chi connectivity index (χ0n) is 14.3. The number of hydrogen-bond acceptors (Lipinski definition) is 5. The predicted octanol–water partition coefficient (Wildman–Crippen LogP) is -0.388. The lowest BCUT2D eigenvalue weighted by molar-refractivity contribution is -0.150. The summed E-state index contributed by atoms with van der Waals surface area (Å²) in [6, 6.07) is 0. The van der Waals surface area contributed by atoms with E-state index < -0.39 is 5.41 Å². The highest BCUT2D eigenvalue weighted by atomic mass is 16.5. The summed E-state index contributed by atoms with van der Waals surface area (Å²) in [6.45, 7) is 3.17. The zero-order valence-corrected chi connectivity index (χ0v) is 14.3. The second-order valence-electron chi connectivity index (χ2n) is 6.61.